The summed E-state index contributed by atoms with van der Waals surface area (Å²) in [5.41, 5.74) is 2.80. The van der Waals surface area contributed by atoms with Gasteiger partial charge in [-0.3, -0.25) is 9.78 Å². The molecule has 1 aliphatic rings. The standard InChI is InChI=1S/C21H22N4O2S/c1-27-19-7-3-2-6-17(19)18-13-23-9-10-25(18)20(26)11-16-14-28-21(24-16)15-5-4-8-22-12-15/h2-8,12,14,18,23H,9-11,13H2,1H3. The van der Waals surface area contributed by atoms with Crippen LogP contribution in [0, 0.1) is 0 Å². The van der Waals surface area contributed by atoms with E-state index in [4.69, 9.17) is 4.74 Å². The van der Waals surface area contributed by atoms with Gasteiger partial charge < -0.3 is 15.0 Å². The van der Waals surface area contributed by atoms with E-state index in [9.17, 15) is 4.79 Å². The number of carbonyl (C=O) groups is 1. The number of amides is 1. The van der Waals surface area contributed by atoms with Crippen molar-refractivity contribution in [2.45, 2.75) is 12.5 Å². The van der Waals surface area contributed by atoms with Crippen LogP contribution >= 0.6 is 11.3 Å². The van der Waals surface area contributed by atoms with Crippen molar-refractivity contribution in [3.8, 4) is 16.3 Å². The number of benzene rings is 1. The molecular formula is C21H22N4O2S. The van der Waals surface area contributed by atoms with Crippen LogP contribution < -0.4 is 10.1 Å². The van der Waals surface area contributed by atoms with E-state index in [0.29, 0.717) is 19.5 Å². The number of thiazole rings is 1. The summed E-state index contributed by atoms with van der Waals surface area (Å²) in [7, 11) is 1.66. The van der Waals surface area contributed by atoms with Gasteiger partial charge in [0.15, 0.2) is 0 Å². The lowest BCUT2D eigenvalue weighted by Crippen LogP contribution is -2.49. The van der Waals surface area contributed by atoms with Crippen LogP contribution in [0.3, 0.4) is 0 Å². The lowest BCUT2D eigenvalue weighted by atomic mass is 10.0. The first kappa shape index (κ1) is 18.6. The van der Waals surface area contributed by atoms with E-state index in [1.165, 1.54) is 0 Å². The van der Waals surface area contributed by atoms with Crippen LogP contribution in [0.1, 0.15) is 17.3 Å². The van der Waals surface area contributed by atoms with E-state index in [1.54, 1.807) is 30.8 Å². The molecule has 4 rings (SSSR count). The van der Waals surface area contributed by atoms with Crippen molar-refractivity contribution in [3.05, 3.63) is 65.4 Å². The normalized spacial score (nSPS) is 16.8. The molecule has 0 bridgehead atoms. The van der Waals surface area contributed by atoms with E-state index in [2.05, 4.69) is 15.3 Å². The zero-order valence-electron chi connectivity index (χ0n) is 15.7. The Morgan fingerprint density at radius 3 is 3.04 bits per heavy atom. The summed E-state index contributed by atoms with van der Waals surface area (Å²) in [6.45, 7) is 2.17. The minimum atomic E-state index is -0.0474. The maximum absolute atomic E-state index is 13.1. The number of hydrogen-bond acceptors (Lipinski definition) is 6. The molecule has 1 atom stereocenters. The van der Waals surface area contributed by atoms with E-state index in [-0.39, 0.29) is 11.9 Å². The molecular weight excluding hydrogens is 372 g/mol. The van der Waals surface area contributed by atoms with Crippen LogP contribution in [0.2, 0.25) is 0 Å². The third-order valence-corrected chi connectivity index (χ3v) is 5.79. The summed E-state index contributed by atoms with van der Waals surface area (Å²) in [6, 6.07) is 11.7. The number of carbonyl (C=O) groups excluding carboxylic acids is 1. The van der Waals surface area contributed by atoms with Crippen molar-refractivity contribution >= 4 is 17.2 Å². The van der Waals surface area contributed by atoms with E-state index >= 15 is 0 Å². The molecule has 28 heavy (non-hydrogen) atoms. The minimum Gasteiger partial charge on any atom is -0.496 e. The molecule has 0 saturated carbocycles. The number of piperazine rings is 1. The van der Waals surface area contributed by atoms with Gasteiger partial charge in [0.2, 0.25) is 5.91 Å². The first-order chi connectivity index (χ1) is 13.8. The fourth-order valence-corrected chi connectivity index (χ4v) is 4.30. The minimum absolute atomic E-state index is 0.0474. The van der Waals surface area contributed by atoms with Gasteiger partial charge in [-0.25, -0.2) is 4.98 Å². The number of aromatic nitrogens is 2. The fraction of sp³-hybridized carbons (Fsp3) is 0.286. The molecule has 1 saturated heterocycles. The number of para-hydroxylation sites is 1. The number of hydrogen-bond donors (Lipinski definition) is 1. The van der Waals surface area contributed by atoms with Crippen LogP contribution in [0.25, 0.3) is 10.6 Å². The molecule has 3 aromatic rings. The van der Waals surface area contributed by atoms with E-state index in [0.717, 1.165) is 34.1 Å². The van der Waals surface area contributed by atoms with Crippen LogP contribution in [0.5, 0.6) is 5.75 Å². The largest absolute Gasteiger partial charge is 0.496 e. The smallest absolute Gasteiger partial charge is 0.229 e. The van der Waals surface area contributed by atoms with Crippen molar-refractivity contribution in [2.24, 2.45) is 0 Å². The molecule has 0 spiro atoms. The van der Waals surface area contributed by atoms with Gasteiger partial charge in [-0.05, 0) is 18.2 Å². The summed E-state index contributed by atoms with van der Waals surface area (Å²) >= 11 is 1.54. The highest BCUT2D eigenvalue weighted by molar-refractivity contribution is 7.13. The van der Waals surface area contributed by atoms with Crippen molar-refractivity contribution in [2.75, 3.05) is 26.7 Å². The molecule has 1 fully saturated rings. The van der Waals surface area contributed by atoms with Crippen LogP contribution in [-0.4, -0.2) is 47.5 Å². The zero-order valence-corrected chi connectivity index (χ0v) is 16.5. The Hall–Kier alpha value is -2.77. The molecule has 1 N–H and O–H groups in total. The summed E-state index contributed by atoms with van der Waals surface area (Å²) in [4.78, 5) is 23.8. The highest BCUT2D eigenvalue weighted by Gasteiger charge is 2.30. The van der Waals surface area contributed by atoms with Gasteiger partial charge in [0, 0.05) is 48.5 Å². The molecule has 7 heteroatoms. The second-order valence-electron chi connectivity index (χ2n) is 6.61. The predicted molar refractivity (Wildman–Crippen MR) is 109 cm³/mol. The molecule has 144 valence electrons. The number of pyridine rings is 1. The van der Waals surface area contributed by atoms with Gasteiger partial charge in [0.05, 0.1) is 25.3 Å². The van der Waals surface area contributed by atoms with Gasteiger partial charge in [-0.2, -0.15) is 0 Å². The maximum Gasteiger partial charge on any atom is 0.229 e. The lowest BCUT2D eigenvalue weighted by Gasteiger charge is -2.37. The van der Waals surface area contributed by atoms with Gasteiger partial charge >= 0.3 is 0 Å². The molecule has 2 aromatic heterocycles. The third kappa shape index (κ3) is 3.90. The van der Waals surface area contributed by atoms with Gasteiger partial charge in [-0.15, -0.1) is 11.3 Å². The number of rotatable bonds is 5. The number of methoxy groups -OCH3 is 1. The van der Waals surface area contributed by atoms with Crippen molar-refractivity contribution in [1.82, 2.24) is 20.2 Å². The number of ether oxygens (including phenoxy) is 1. The molecule has 1 aliphatic heterocycles. The average Bonchev–Trinajstić information content (AvgIpc) is 3.23. The second kappa shape index (κ2) is 8.50. The number of nitrogens with zero attached hydrogens (tertiary/aromatic N) is 3. The zero-order chi connectivity index (χ0) is 19.3. The van der Waals surface area contributed by atoms with Crippen molar-refractivity contribution in [1.29, 1.82) is 0 Å². The summed E-state index contributed by atoms with van der Waals surface area (Å²) in [6.07, 6.45) is 3.82. The van der Waals surface area contributed by atoms with Crippen LogP contribution in [0.4, 0.5) is 0 Å². The highest BCUT2D eigenvalue weighted by atomic mass is 32.1. The second-order valence-corrected chi connectivity index (χ2v) is 7.47. The fourth-order valence-electron chi connectivity index (χ4n) is 3.49. The molecule has 1 amide bonds. The van der Waals surface area contributed by atoms with Gasteiger partial charge in [-0.1, -0.05) is 18.2 Å². The Bertz CT molecular complexity index is 944. The van der Waals surface area contributed by atoms with Gasteiger partial charge in [0.25, 0.3) is 0 Å². The average molecular weight is 394 g/mol. The molecule has 0 aliphatic carbocycles. The van der Waals surface area contributed by atoms with Crippen LogP contribution in [-0.2, 0) is 11.2 Å². The Kier molecular flexibility index (Phi) is 5.64. The molecule has 1 unspecified atom stereocenters. The predicted octanol–water partition coefficient (Wildman–Crippen LogP) is 2.93. The van der Waals surface area contributed by atoms with Crippen molar-refractivity contribution in [3.63, 3.8) is 0 Å². The molecule has 0 radical (unpaired) electrons. The van der Waals surface area contributed by atoms with Gasteiger partial charge in [0.1, 0.15) is 10.8 Å². The lowest BCUT2D eigenvalue weighted by molar-refractivity contribution is -0.133. The molecule has 1 aromatic carbocycles. The highest BCUT2D eigenvalue weighted by Crippen LogP contribution is 2.31. The first-order valence-electron chi connectivity index (χ1n) is 9.24. The van der Waals surface area contributed by atoms with E-state index < -0.39 is 0 Å². The first-order valence-corrected chi connectivity index (χ1v) is 10.1. The van der Waals surface area contributed by atoms with Crippen molar-refractivity contribution < 1.29 is 9.53 Å². The summed E-state index contributed by atoms with van der Waals surface area (Å²) in [5.74, 6) is 0.891. The molecule has 3 heterocycles. The Labute approximate surface area is 168 Å². The van der Waals surface area contributed by atoms with Crippen LogP contribution in [0.15, 0.2) is 54.2 Å². The third-order valence-electron chi connectivity index (χ3n) is 4.85. The van der Waals surface area contributed by atoms with E-state index in [1.807, 2.05) is 46.7 Å². The monoisotopic (exact) mass is 394 g/mol. The summed E-state index contributed by atoms with van der Waals surface area (Å²) in [5, 5.41) is 6.23. The number of nitrogens with one attached hydrogen (secondary N) is 1. The Morgan fingerprint density at radius 1 is 1.32 bits per heavy atom. The maximum atomic E-state index is 13.1. The SMILES string of the molecule is COc1ccccc1C1CNCCN1C(=O)Cc1csc(-c2cccnc2)n1. The Morgan fingerprint density at radius 2 is 2.21 bits per heavy atom. The topological polar surface area (TPSA) is 67.3 Å². The molecule has 6 nitrogen and oxygen atoms in total. The Balaban J connectivity index is 1.52. The summed E-state index contributed by atoms with van der Waals surface area (Å²) < 4.78 is 5.51. The quantitative estimate of drug-likeness (QED) is 0.721.